The highest BCUT2D eigenvalue weighted by Gasteiger charge is 2.27. The molecule has 0 spiro atoms. The Morgan fingerprint density at radius 2 is 2.08 bits per heavy atom. The van der Waals surface area contributed by atoms with Crippen LogP contribution < -0.4 is 21.7 Å². The van der Waals surface area contributed by atoms with Gasteiger partial charge in [-0.25, -0.2) is 15.0 Å². The molecule has 3 aromatic rings. The van der Waals surface area contributed by atoms with Crippen LogP contribution in [-0.4, -0.2) is 43.8 Å². The molecule has 1 aliphatic heterocycles. The number of halogens is 1. The Morgan fingerprint density at radius 1 is 1.31 bits per heavy atom. The van der Waals surface area contributed by atoms with Crippen molar-refractivity contribution in [3.63, 3.8) is 0 Å². The normalized spacial score (nSPS) is 16.8. The smallest absolute Gasteiger partial charge is 0.203 e. The van der Waals surface area contributed by atoms with Crippen molar-refractivity contribution in [2.45, 2.75) is 25.3 Å². The minimum atomic E-state index is -0.108. The van der Waals surface area contributed by atoms with Crippen molar-refractivity contribution in [3.05, 3.63) is 23.5 Å². The van der Waals surface area contributed by atoms with Crippen molar-refractivity contribution in [1.29, 1.82) is 0 Å². The number of hydrogen-bond acceptors (Lipinski definition) is 8. The topological polar surface area (TPSA) is 135 Å². The molecular weight excluding hydrogens is 354 g/mol. The molecule has 0 aliphatic carbocycles. The molecular formula is C16H20ClN9. The van der Waals surface area contributed by atoms with Gasteiger partial charge in [0.2, 0.25) is 5.65 Å². The lowest BCUT2D eigenvalue weighted by Crippen LogP contribution is -2.48. The van der Waals surface area contributed by atoms with Crippen LogP contribution in [0.1, 0.15) is 19.8 Å². The van der Waals surface area contributed by atoms with E-state index in [1.54, 1.807) is 18.5 Å². The first-order valence-electron chi connectivity index (χ1n) is 8.35. The molecule has 0 unspecified atom stereocenters. The van der Waals surface area contributed by atoms with E-state index >= 15 is 0 Å². The second kappa shape index (κ2) is 6.26. The fourth-order valence-electron chi connectivity index (χ4n) is 2.96. The fourth-order valence-corrected chi connectivity index (χ4v) is 3.12. The number of anilines is 4. The summed E-state index contributed by atoms with van der Waals surface area (Å²) >= 11 is 6.17. The summed E-state index contributed by atoms with van der Waals surface area (Å²) in [6.45, 7) is 3.80. The van der Waals surface area contributed by atoms with E-state index in [2.05, 4.69) is 42.3 Å². The number of nitrogens with one attached hydrogen (secondary N) is 2. The van der Waals surface area contributed by atoms with Gasteiger partial charge in [0.05, 0.1) is 11.9 Å². The molecule has 0 bridgehead atoms. The standard InChI is InChI=1S/C16H20ClN9/c1-16(19)3-6-26(7-4-16)10-8-21-12-14(24-25-15(12)23-10)22-9-2-5-20-13(18)11(9)17/h2,5,8H,3-4,6-7,19H2,1H3,(H4,18,20,22,23,24,25). The van der Waals surface area contributed by atoms with Gasteiger partial charge in [0.15, 0.2) is 11.3 Å². The van der Waals surface area contributed by atoms with E-state index in [4.69, 9.17) is 23.1 Å². The largest absolute Gasteiger partial charge is 0.382 e. The van der Waals surface area contributed by atoms with Crippen molar-refractivity contribution < 1.29 is 0 Å². The van der Waals surface area contributed by atoms with Crippen LogP contribution in [0.5, 0.6) is 0 Å². The number of rotatable bonds is 3. The van der Waals surface area contributed by atoms with E-state index in [0.717, 1.165) is 31.7 Å². The predicted molar refractivity (Wildman–Crippen MR) is 103 cm³/mol. The predicted octanol–water partition coefficient (Wildman–Crippen LogP) is 2.04. The van der Waals surface area contributed by atoms with Gasteiger partial charge >= 0.3 is 0 Å². The fraction of sp³-hybridized carbons (Fsp3) is 0.375. The van der Waals surface area contributed by atoms with Crippen LogP contribution >= 0.6 is 11.6 Å². The molecule has 10 heteroatoms. The summed E-state index contributed by atoms with van der Waals surface area (Å²) in [5, 5.41) is 10.6. The number of hydrogen-bond donors (Lipinski definition) is 4. The number of piperidine rings is 1. The van der Waals surface area contributed by atoms with Crippen LogP contribution in [0.2, 0.25) is 5.02 Å². The van der Waals surface area contributed by atoms with Crippen molar-refractivity contribution in [1.82, 2.24) is 25.1 Å². The molecule has 0 saturated carbocycles. The summed E-state index contributed by atoms with van der Waals surface area (Å²) < 4.78 is 0. The highest BCUT2D eigenvalue weighted by molar-refractivity contribution is 6.35. The zero-order valence-corrected chi connectivity index (χ0v) is 15.1. The first-order chi connectivity index (χ1) is 12.4. The molecule has 1 saturated heterocycles. The van der Waals surface area contributed by atoms with Gasteiger partial charge in [-0.3, -0.25) is 5.10 Å². The van der Waals surface area contributed by atoms with Gasteiger partial charge in [-0.2, -0.15) is 5.10 Å². The third kappa shape index (κ3) is 3.11. The number of pyridine rings is 1. The van der Waals surface area contributed by atoms with Gasteiger partial charge in [-0.1, -0.05) is 11.6 Å². The zero-order valence-electron chi connectivity index (χ0n) is 14.3. The third-order valence-electron chi connectivity index (χ3n) is 4.66. The van der Waals surface area contributed by atoms with Gasteiger partial charge in [-0.05, 0) is 25.8 Å². The van der Waals surface area contributed by atoms with E-state index in [1.165, 1.54) is 0 Å². The second-order valence-corrected chi connectivity index (χ2v) is 7.20. The van der Waals surface area contributed by atoms with Gasteiger partial charge in [0, 0.05) is 24.8 Å². The van der Waals surface area contributed by atoms with Crippen molar-refractivity contribution in [2.24, 2.45) is 5.73 Å². The SMILES string of the molecule is CC1(N)CCN(c2cnc3c(Nc4ccnc(N)c4Cl)[nH]nc3n2)CC1. The van der Waals surface area contributed by atoms with Crippen molar-refractivity contribution in [3.8, 4) is 0 Å². The Bertz CT molecular complexity index is 942. The van der Waals surface area contributed by atoms with Crippen LogP contribution in [-0.2, 0) is 0 Å². The molecule has 0 radical (unpaired) electrons. The summed E-state index contributed by atoms with van der Waals surface area (Å²) in [6, 6.07) is 1.73. The Balaban J connectivity index is 1.59. The molecule has 9 nitrogen and oxygen atoms in total. The van der Waals surface area contributed by atoms with Crippen molar-refractivity contribution >= 4 is 45.9 Å². The summed E-state index contributed by atoms with van der Waals surface area (Å²) in [5.41, 5.74) is 13.6. The zero-order chi connectivity index (χ0) is 18.3. The van der Waals surface area contributed by atoms with Crippen LogP contribution in [0.15, 0.2) is 18.5 Å². The summed E-state index contributed by atoms with van der Waals surface area (Å²) in [6.07, 6.45) is 5.17. The Hall–Kier alpha value is -2.65. The molecule has 0 aromatic carbocycles. The van der Waals surface area contributed by atoms with E-state index in [0.29, 0.717) is 27.7 Å². The highest BCUT2D eigenvalue weighted by atomic mass is 35.5. The minimum absolute atomic E-state index is 0.108. The maximum absolute atomic E-state index is 6.20. The first-order valence-corrected chi connectivity index (χ1v) is 8.73. The molecule has 0 amide bonds. The molecule has 3 aromatic heterocycles. The van der Waals surface area contributed by atoms with Gasteiger partial charge in [0.25, 0.3) is 0 Å². The quantitative estimate of drug-likeness (QED) is 0.547. The van der Waals surface area contributed by atoms with Crippen LogP contribution in [0.25, 0.3) is 11.2 Å². The first kappa shape index (κ1) is 16.8. The summed E-state index contributed by atoms with van der Waals surface area (Å²) in [4.78, 5) is 15.3. The highest BCUT2D eigenvalue weighted by Crippen LogP contribution is 2.30. The molecule has 4 rings (SSSR count). The van der Waals surface area contributed by atoms with Gasteiger partial charge in [-0.15, -0.1) is 0 Å². The van der Waals surface area contributed by atoms with Gasteiger partial charge < -0.3 is 21.7 Å². The van der Waals surface area contributed by atoms with E-state index in [-0.39, 0.29) is 11.4 Å². The lowest BCUT2D eigenvalue weighted by molar-refractivity contribution is 0.363. The Kier molecular flexibility index (Phi) is 4.04. The summed E-state index contributed by atoms with van der Waals surface area (Å²) in [7, 11) is 0. The second-order valence-electron chi connectivity index (χ2n) is 6.82. The monoisotopic (exact) mass is 373 g/mol. The van der Waals surface area contributed by atoms with Gasteiger partial charge in [0.1, 0.15) is 16.7 Å². The lowest BCUT2D eigenvalue weighted by atomic mass is 9.91. The Morgan fingerprint density at radius 3 is 2.85 bits per heavy atom. The molecule has 4 heterocycles. The van der Waals surface area contributed by atoms with E-state index in [9.17, 15) is 0 Å². The van der Waals surface area contributed by atoms with E-state index in [1.807, 2.05) is 0 Å². The number of fused-ring (bicyclic) bond motifs is 1. The van der Waals surface area contributed by atoms with Crippen LogP contribution in [0, 0.1) is 0 Å². The molecule has 0 atom stereocenters. The average molecular weight is 374 g/mol. The number of nitrogen functional groups attached to an aromatic ring is 1. The maximum Gasteiger partial charge on any atom is 0.203 e. The molecule has 26 heavy (non-hydrogen) atoms. The maximum atomic E-state index is 6.20. The van der Waals surface area contributed by atoms with Crippen LogP contribution in [0.3, 0.4) is 0 Å². The average Bonchev–Trinajstić information content (AvgIpc) is 3.01. The van der Waals surface area contributed by atoms with Crippen LogP contribution in [0.4, 0.5) is 23.1 Å². The molecule has 1 aliphatic rings. The molecule has 1 fully saturated rings. The molecule has 136 valence electrons. The number of nitrogens with zero attached hydrogens (tertiary/aromatic N) is 5. The number of nitrogens with two attached hydrogens (primary N) is 2. The molecule has 6 N–H and O–H groups in total. The van der Waals surface area contributed by atoms with E-state index < -0.39 is 0 Å². The van der Waals surface area contributed by atoms with Crippen molar-refractivity contribution in [2.75, 3.05) is 29.0 Å². The number of aromatic nitrogens is 5. The summed E-state index contributed by atoms with van der Waals surface area (Å²) in [5.74, 6) is 1.66. The lowest BCUT2D eigenvalue weighted by Gasteiger charge is -2.37. The number of H-pyrrole nitrogens is 1. The minimum Gasteiger partial charge on any atom is -0.382 e. The third-order valence-corrected chi connectivity index (χ3v) is 5.05. The number of aromatic amines is 1. The Labute approximate surface area is 155 Å².